The molecule has 0 unspecified atom stereocenters. The Morgan fingerprint density at radius 3 is 2.79 bits per heavy atom. The minimum atomic E-state index is -0.652. The number of β-amino-alcohol motifs (C(OH)–C–C–N with tert-alkyl or cyclic N) is 1. The molecule has 1 fully saturated rings. The van der Waals surface area contributed by atoms with E-state index in [1.165, 1.54) is 11.3 Å². The maximum Gasteiger partial charge on any atom is 0.279 e. The summed E-state index contributed by atoms with van der Waals surface area (Å²) >= 11 is 1.31. The summed E-state index contributed by atoms with van der Waals surface area (Å²) in [5.74, 6) is -0.611. The molecule has 3 N–H and O–H groups in total. The van der Waals surface area contributed by atoms with Crippen molar-refractivity contribution in [3.05, 3.63) is 22.4 Å². The van der Waals surface area contributed by atoms with Gasteiger partial charge in [-0.2, -0.15) is 0 Å². The first-order valence-corrected chi connectivity index (χ1v) is 6.98. The molecule has 0 saturated carbocycles. The van der Waals surface area contributed by atoms with Crippen LogP contribution >= 0.6 is 11.3 Å². The summed E-state index contributed by atoms with van der Waals surface area (Å²) in [6.07, 6.45) is 0.681. The molecule has 1 aromatic rings. The summed E-state index contributed by atoms with van der Waals surface area (Å²) in [6, 6.07) is 3.45. The second kappa shape index (κ2) is 5.68. The Morgan fingerprint density at radius 2 is 2.21 bits per heavy atom. The third-order valence-corrected chi connectivity index (χ3v) is 3.99. The smallest absolute Gasteiger partial charge is 0.279 e. The van der Waals surface area contributed by atoms with E-state index in [1.54, 1.807) is 17.5 Å². The van der Waals surface area contributed by atoms with Crippen molar-refractivity contribution in [1.29, 1.82) is 0 Å². The maximum atomic E-state index is 11.6. The normalized spacial score (nSPS) is 17.6. The van der Waals surface area contributed by atoms with Gasteiger partial charge in [-0.15, -0.1) is 11.3 Å². The molecule has 1 saturated heterocycles. The average molecular weight is 283 g/mol. The first kappa shape index (κ1) is 14.0. The Balaban J connectivity index is 1.67. The third kappa shape index (κ3) is 3.52. The number of thiophene rings is 1. The number of carbonyl (C=O) groups is 2. The van der Waals surface area contributed by atoms with Crippen LogP contribution in [0, 0.1) is 0 Å². The highest BCUT2D eigenvalue weighted by Crippen LogP contribution is 2.23. The molecule has 0 bridgehead atoms. The SMILES string of the molecule is CCC1(O)CN(CC(=O)NNC(=O)c2cccs2)C1. The van der Waals surface area contributed by atoms with Crippen LogP contribution in [0.2, 0.25) is 0 Å². The molecule has 2 amide bonds. The summed E-state index contributed by atoms with van der Waals surface area (Å²) in [5.41, 5.74) is 4.06. The standard InChI is InChI=1S/C12H17N3O3S/c1-2-12(18)7-15(8-12)6-10(16)13-14-11(17)9-4-3-5-19-9/h3-5,18H,2,6-8H2,1H3,(H,13,16)(H,14,17). The van der Waals surface area contributed by atoms with Gasteiger partial charge in [-0.05, 0) is 17.9 Å². The van der Waals surface area contributed by atoms with Gasteiger partial charge in [0.1, 0.15) is 0 Å². The van der Waals surface area contributed by atoms with Crippen LogP contribution < -0.4 is 10.9 Å². The Bertz CT molecular complexity index is 455. The molecule has 1 aliphatic rings. The first-order valence-electron chi connectivity index (χ1n) is 6.10. The van der Waals surface area contributed by atoms with Crippen molar-refractivity contribution in [2.24, 2.45) is 0 Å². The highest BCUT2D eigenvalue weighted by Gasteiger charge is 2.39. The molecule has 0 radical (unpaired) electrons. The van der Waals surface area contributed by atoms with E-state index in [0.717, 1.165) is 0 Å². The predicted octanol–water partition coefficient (Wildman–Crippen LogP) is -0.0342. The quantitative estimate of drug-likeness (QED) is 0.678. The van der Waals surface area contributed by atoms with Gasteiger partial charge in [-0.1, -0.05) is 13.0 Å². The number of aliphatic hydroxyl groups is 1. The molecule has 2 rings (SSSR count). The molecule has 0 atom stereocenters. The molecule has 1 aliphatic heterocycles. The number of likely N-dealkylation sites (tertiary alicyclic amines) is 1. The van der Waals surface area contributed by atoms with Gasteiger partial charge in [0, 0.05) is 13.1 Å². The number of hydrogen-bond acceptors (Lipinski definition) is 5. The molecular formula is C12H17N3O3S. The molecule has 6 nitrogen and oxygen atoms in total. The number of hydrogen-bond donors (Lipinski definition) is 3. The van der Waals surface area contributed by atoms with Gasteiger partial charge in [-0.3, -0.25) is 25.3 Å². The van der Waals surface area contributed by atoms with Gasteiger partial charge in [0.15, 0.2) is 0 Å². The Morgan fingerprint density at radius 1 is 1.47 bits per heavy atom. The third-order valence-electron chi connectivity index (χ3n) is 3.12. The number of hydrazine groups is 1. The van der Waals surface area contributed by atoms with E-state index in [0.29, 0.717) is 24.4 Å². The van der Waals surface area contributed by atoms with Crippen LogP contribution in [0.15, 0.2) is 17.5 Å². The first-order chi connectivity index (χ1) is 9.02. The van der Waals surface area contributed by atoms with E-state index in [1.807, 2.05) is 11.8 Å². The van der Waals surface area contributed by atoms with Crippen LogP contribution in [-0.4, -0.2) is 47.1 Å². The van der Waals surface area contributed by atoms with Crippen LogP contribution in [0.1, 0.15) is 23.0 Å². The zero-order valence-corrected chi connectivity index (χ0v) is 11.5. The monoisotopic (exact) mass is 283 g/mol. The van der Waals surface area contributed by atoms with Gasteiger partial charge in [0.25, 0.3) is 11.8 Å². The largest absolute Gasteiger partial charge is 0.387 e. The van der Waals surface area contributed by atoms with E-state index in [9.17, 15) is 14.7 Å². The number of amides is 2. The fourth-order valence-electron chi connectivity index (χ4n) is 1.96. The van der Waals surface area contributed by atoms with Crippen LogP contribution in [0.25, 0.3) is 0 Å². The van der Waals surface area contributed by atoms with Crippen molar-refractivity contribution in [2.75, 3.05) is 19.6 Å². The van der Waals surface area contributed by atoms with Crippen LogP contribution in [0.4, 0.5) is 0 Å². The summed E-state index contributed by atoms with van der Waals surface area (Å²) < 4.78 is 0. The average Bonchev–Trinajstić information content (AvgIpc) is 2.87. The minimum absolute atomic E-state index is 0.174. The van der Waals surface area contributed by atoms with Crippen molar-refractivity contribution >= 4 is 23.2 Å². The molecule has 0 aromatic carbocycles. The summed E-state index contributed by atoms with van der Waals surface area (Å²) in [5, 5.41) is 11.6. The number of nitrogens with one attached hydrogen (secondary N) is 2. The lowest BCUT2D eigenvalue weighted by Crippen LogP contribution is -2.63. The molecule has 1 aromatic heterocycles. The topological polar surface area (TPSA) is 81.7 Å². The van der Waals surface area contributed by atoms with Gasteiger partial charge < -0.3 is 5.11 Å². The Kier molecular flexibility index (Phi) is 4.18. The van der Waals surface area contributed by atoms with Crippen LogP contribution in [-0.2, 0) is 4.79 Å². The number of nitrogens with zero attached hydrogens (tertiary/aromatic N) is 1. The molecule has 104 valence electrons. The highest BCUT2D eigenvalue weighted by molar-refractivity contribution is 7.12. The van der Waals surface area contributed by atoms with Crippen molar-refractivity contribution in [1.82, 2.24) is 15.8 Å². The lowest BCUT2D eigenvalue weighted by molar-refractivity contribution is -0.133. The Labute approximate surface area is 115 Å². The maximum absolute atomic E-state index is 11.6. The molecule has 0 spiro atoms. The molecule has 7 heteroatoms. The van der Waals surface area contributed by atoms with Crippen molar-refractivity contribution < 1.29 is 14.7 Å². The number of carbonyl (C=O) groups excluding carboxylic acids is 2. The van der Waals surface area contributed by atoms with Gasteiger partial charge in [-0.25, -0.2) is 0 Å². The fourth-order valence-corrected chi connectivity index (χ4v) is 2.58. The van der Waals surface area contributed by atoms with Crippen LogP contribution in [0.5, 0.6) is 0 Å². The highest BCUT2D eigenvalue weighted by atomic mass is 32.1. The van der Waals surface area contributed by atoms with Crippen LogP contribution in [0.3, 0.4) is 0 Å². The summed E-state index contributed by atoms with van der Waals surface area (Å²) in [7, 11) is 0. The van der Waals surface area contributed by atoms with E-state index < -0.39 is 5.60 Å². The van der Waals surface area contributed by atoms with Crippen molar-refractivity contribution in [3.8, 4) is 0 Å². The van der Waals surface area contributed by atoms with E-state index in [-0.39, 0.29) is 18.4 Å². The molecule has 19 heavy (non-hydrogen) atoms. The summed E-state index contributed by atoms with van der Waals surface area (Å²) in [4.78, 5) is 25.5. The van der Waals surface area contributed by atoms with Gasteiger partial charge in [0.05, 0.1) is 17.0 Å². The molecule has 0 aliphatic carbocycles. The lowest BCUT2D eigenvalue weighted by Gasteiger charge is -2.45. The van der Waals surface area contributed by atoms with E-state index in [4.69, 9.17) is 0 Å². The second-order valence-electron chi connectivity index (χ2n) is 4.70. The zero-order chi connectivity index (χ0) is 13.9. The van der Waals surface area contributed by atoms with Crippen molar-refractivity contribution in [2.45, 2.75) is 18.9 Å². The molecule has 2 heterocycles. The fraction of sp³-hybridized carbons (Fsp3) is 0.500. The molecular weight excluding hydrogens is 266 g/mol. The van der Waals surface area contributed by atoms with Gasteiger partial charge in [0.2, 0.25) is 0 Å². The summed E-state index contributed by atoms with van der Waals surface area (Å²) in [6.45, 7) is 3.08. The van der Waals surface area contributed by atoms with E-state index >= 15 is 0 Å². The zero-order valence-electron chi connectivity index (χ0n) is 10.7. The van der Waals surface area contributed by atoms with Crippen molar-refractivity contribution in [3.63, 3.8) is 0 Å². The predicted molar refractivity (Wildman–Crippen MR) is 71.6 cm³/mol. The van der Waals surface area contributed by atoms with E-state index in [2.05, 4.69) is 10.9 Å². The number of rotatable bonds is 4. The minimum Gasteiger partial charge on any atom is -0.387 e. The van der Waals surface area contributed by atoms with Gasteiger partial charge >= 0.3 is 0 Å². The second-order valence-corrected chi connectivity index (χ2v) is 5.65. The Hall–Kier alpha value is -1.44. The lowest BCUT2D eigenvalue weighted by atomic mass is 9.91.